The Hall–Kier alpha value is -1.51. The van der Waals surface area contributed by atoms with Crippen molar-refractivity contribution in [2.45, 2.75) is 91.6 Å². The van der Waals surface area contributed by atoms with Gasteiger partial charge in [-0.1, -0.05) is 34.6 Å². The van der Waals surface area contributed by atoms with Crippen LogP contribution in [-0.4, -0.2) is 66.0 Å². The van der Waals surface area contributed by atoms with Gasteiger partial charge in [0.05, 0.1) is 6.54 Å². The van der Waals surface area contributed by atoms with E-state index in [9.17, 15) is 19.6 Å². The molecule has 2 amide bonds. The van der Waals surface area contributed by atoms with E-state index in [2.05, 4.69) is 29.4 Å². The highest BCUT2D eigenvalue weighted by Gasteiger charge is 2.27. The molecule has 0 aliphatic carbocycles. The maximum absolute atomic E-state index is 12.6. The van der Waals surface area contributed by atoms with Gasteiger partial charge in [-0.15, -0.1) is 0 Å². The van der Waals surface area contributed by atoms with Gasteiger partial charge in [0.2, 0.25) is 11.8 Å². The number of ketones is 1. The fourth-order valence-electron chi connectivity index (χ4n) is 3.37. The number of carbonyl (C=O) groups excluding carboxylic acids is 3. The monoisotopic (exact) mass is 428 g/mol. The molecule has 176 valence electrons. The highest BCUT2D eigenvalue weighted by Crippen LogP contribution is 2.07. The quantitative estimate of drug-likeness (QED) is 0.197. The zero-order valence-corrected chi connectivity index (χ0v) is 19.6. The summed E-state index contributed by atoms with van der Waals surface area (Å²) in [5.41, 5.74) is 2.02. The summed E-state index contributed by atoms with van der Waals surface area (Å²) in [7, 11) is 0. The lowest BCUT2D eigenvalue weighted by molar-refractivity contribution is -0.133. The van der Waals surface area contributed by atoms with Crippen molar-refractivity contribution in [3.63, 3.8) is 0 Å². The number of unbranched alkanes of at least 4 members (excludes halogenated alkanes) is 1. The van der Waals surface area contributed by atoms with E-state index in [4.69, 9.17) is 0 Å². The summed E-state index contributed by atoms with van der Waals surface area (Å²) in [5, 5.41) is 14.7. The third-order valence-corrected chi connectivity index (χ3v) is 5.01. The van der Waals surface area contributed by atoms with Gasteiger partial charge in [0.1, 0.15) is 12.1 Å². The Morgan fingerprint density at radius 1 is 0.900 bits per heavy atom. The fourth-order valence-corrected chi connectivity index (χ4v) is 3.37. The Labute approximate surface area is 182 Å². The average Bonchev–Trinajstić information content (AvgIpc) is 2.69. The van der Waals surface area contributed by atoms with Crippen molar-refractivity contribution in [1.82, 2.24) is 21.0 Å². The van der Waals surface area contributed by atoms with Gasteiger partial charge >= 0.3 is 0 Å². The third kappa shape index (κ3) is 12.2. The first-order chi connectivity index (χ1) is 14.3. The van der Waals surface area contributed by atoms with Crippen LogP contribution in [0.1, 0.15) is 79.6 Å². The highest BCUT2D eigenvalue weighted by molar-refractivity contribution is 5.92. The second-order valence-electron chi connectivity index (χ2n) is 8.26. The largest absolute Gasteiger partial charge is 0.347 e. The van der Waals surface area contributed by atoms with Gasteiger partial charge in [-0.3, -0.25) is 14.4 Å². The number of carbonyl (C=O) groups is 3. The Morgan fingerprint density at radius 3 is 2.03 bits per heavy atom. The molecule has 0 aromatic carbocycles. The molecule has 30 heavy (non-hydrogen) atoms. The van der Waals surface area contributed by atoms with E-state index in [1.807, 2.05) is 26.3 Å². The second-order valence-corrected chi connectivity index (χ2v) is 8.26. The molecule has 0 rings (SSSR count). The molecule has 0 fully saturated rings. The van der Waals surface area contributed by atoms with E-state index in [1.165, 1.54) is 0 Å². The van der Waals surface area contributed by atoms with E-state index < -0.39 is 18.0 Å². The lowest BCUT2D eigenvalue weighted by Crippen LogP contribution is -2.54. The normalized spacial score (nSPS) is 13.3. The summed E-state index contributed by atoms with van der Waals surface area (Å²) < 4.78 is 0. The molecule has 0 bridgehead atoms. The molecule has 8 nitrogen and oxygen atoms in total. The van der Waals surface area contributed by atoms with Gasteiger partial charge in [0.25, 0.3) is 0 Å². The van der Waals surface area contributed by atoms with E-state index >= 15 is 0 Å². The molecular weight excluding hydrogens is 384 g/mol. The number of nitrogens with zero attached hydrogens (tertiary/aromatic N) is 1. The van der Waals surface area contributed by atoms with Crippen LogP contribution in [0.2, 0.25) is 0 Å². The van der Waals surface area contributed by atoms with Crippen LogP contribution in [0.4, 0.5) is 0 Å². The first-order valence-electron chi connectivity index (χ1n) is 11.5. The van der Waals surface area contributed by atoms with Gasteiger partial charge < -0.3 is 20.7 Å². The SMILES string of the molecule is CCCC(=O)CNC(=O)[C@H](CCCCN(CCC)CCC)NC(=O)[C@@H](NO)C(C)C. The van der Waals surface area contributed by atoms with Crippen LogP contribution in [0.5, 0.6) is 0 Å². The summed E-state index contributed by atoms with van der Waals surface area (Å²) in [6.07, 6.45) is 5.58. The zero-order valence-electron chi connectivity index (χ0n) is 19.6. The summed E-state index contributed by atoms with van der Waals surface area (Å²) in [6, 6.07) is -1.53. The van der Waals surface area contributed by atoms with Gasteiger partial charge in [0.15, 0.2) is 5.78 Å². The van der Waals surface area contributed by atoms with Crippen molar-refractivity contribution in [3.05, 3.63) is 0 Å². The molecule has 0 spiro atoms. The van der Waals surface area contributed by atoms with Crippen molar-refractivity contribution in [2.75, 3.05) is 26.2 Å². The first-order valence-corrected chi connectivity index (χ1v) is 11.5. The average molecular weight is 429 g/mol. The number of amides is 2. The molecule has 0 heterocycles. The molecule has 0 aliphatic rings. The summed E-state index contributed by atoms with van der Waals surface area (Å²) >= 11 is 0. The third-order valence-electron chi connectivity index (χ3n) is 5.01. The molecular formula is C22H44N4O4. The smallest absolute Gasteiger partial charge is 0.242 e. The Kier molecular flexibility index (Phi) is 16.3. The summed E-state index contributed by atoms with van der Waals surface area (Å²) in [6.45, 7) is 12.9. The maximum Gasteiger partial charge on any atom is 0.242 e. The minimum Gasteiger partial charge on any atom is -0.347 e. The number of hydrogen-bond acceptors (Lipinski definition) is 6. The lowest BCUT2D eigenvalue weighted by Gasteiger charge is -2.24. The summed E-state index contributed by atoms with van der Waals surface area (Å²) in [4.78, 5) is 39.3. The first kappa shape index (κ1) is 28.5. The Bertz CT molecular complexity index is 494. The van der Waals surface area contributed by atoms with Crippen molar-refractivity contribution in [3.8, 4) is 0 Å². The summed E-state index contributed by atoms with van der Waals surface area (Å²) in [5.74, 6) is -0.942. The molecule has 0 aliphatic heterocycles. The van der Waals surface area contributed by atoms with Crippen LogP contribution in [0.15, 0.2) is 0 Å². The van der Waals surface area contributed by atoms with Crippen molar-refractivity contribution >= 4 is 17.6 Å². The van der Waals surface area contributed by atoms with Crippen molar-refractivity contribution in [2.24, 2.45) is 5.92 Å². The van der Waals surface area contributed by atoms with Crippen LogP contribution >= 0.6 is 0 Å². The van der Waals surface area contributed by atoms with Crippen LogP contribution in [0, 0.1) is 5.92 Å². The van der Waals surface area contributed by atoms with E-state index in [0.29, 0.717) is 12.8 Å². The molecule has 0 unspecified atom stereocenters. The van der Waals surface area contributed by atoms with E-state index in [1.54, 1.807) is 0 Å². The molecule has 0 saturated carbocycles. The zero-order chi connectivity index (χ0) is 22.9. The predicted octanol–water partition coefficient (Wildman–Crippen LogP) is 2.25. The molecule has 0 radical (unpaired) electrons. The van der Waals surface area contributed by atoms with E-state index in [0.717, 1.165) is 51.7 Å². The Morgan fingerprint density at radius 2 is 1.53 bits per heavy atom. The van der Waals surface area contributed by atoms with Crippen LogP contribution < -0.4 is 16.1 Å². The molecule has 8 heteroatoms. The number of hydrogen-bond donors (Lipinski definition) is 4. The van der Waals surface area contributed by atoms with Crippen LogP contribution in [0.25, 0.3) is 0 Å². The molecule has 0 saturated heterocycles. The van der Waals surface area contributed by atoms with Crippen LogP contribution in [-0.2, 0) is 14.4 Å². The Balaban J connectivity index is 4.86. The molecule has 4 N–H and O–H groups in total. The molecule has 0 aromatic heterocycles. The lowest BCUT2D eigenvalue weighted by atomic mass is 10.0. The maximum atomic E-state index is 12.6. The van der Waals surface area contributed by atoms with Crippen LogP contribution in [0.3, 0.4) is 0 Å². The minimum absolute atomic E-state index is 0.0221. The number of Topliss-reactive ketones (excluding diaryl/α,β-unsaturated/α-hetero) is 1. The number of rotatable bonds is 18. The number of hydroxylamine groups is 1. The van der Waals surface area contributed by atoms with Crippen molar-refractivity contribution in [1.29, 1.82) is 0 Å². The minimum atomic E-state index is -0.799. The van der Waals surface area contributed by atoms with Gasteiger partial charge in [0, 0.05) is 6.42 Å². The predicted molar refractivity (Wildman–Crippen MR) is 119 cm³/mol. The topological polar surface area (TPSA) is 111 Å². The molecule has 0 aromatic rings. The molecule has 2 atom stereocenters. The fraction of sp³-hybridized carbons (Fsp3) is 0.864. The van der Waals surface area contributed by atoms with Gasteiger partial charge in [-0.05, 0) is 64.1 Å². The van der Waals surface area contributed by atoms with Gasteiger partial charge in [-0.2, -0.15) is 5.48 Å². The van der Waals surface area contributed by atoms with Crippen molar-refractivity contribution < 1.29 is 19.6 Å². The standard InChI is InChI=1S/C22H44N4O4/c1-6-11-18(27)16-23-21(28)19(24-22(29)20(25-30)17(4)5)12-9-10-15-26(13-7-2)14-8-3/h17,19-20,25,30H,6-16H2,1-5H3,(H,23,28)(H,24,29)/t19-,20-/m0/s1. The van der Waals surface area contributed by atoms with E-state index in [-0.39, 0.29) is 24.2 Å². The second kappa shape index (κ2) is 17.2. The highest BCUT2D eigenvalue weighted by atomic mass is 16.5. The number of nitrogens with one attached hydrogen (secondary N) is 3. The van der Waals surface area contributed by atoms with Gasteiger partial charge in [-0.25, -0.2) is 0 Å².